The van der Waals surface area contributed by atoms with Crippen molar-refractivity contribution >= 4 is 32.8 Å². The maximum atomic E-state index is 13.9. The lowest BCUT2D eigenvalue weighted by Gasteiger charge is -2.27. The van der Waals surface area contributed by atoms with Gasteiger partial charge in [-0.1, -0.05) is 25.0 Å². The number of hydrogen-bond donors (Lipinski definition) is 1. The molecule has 3 aromatic rings. The molecule has 1 N–H and O–H groups in total. The smallest absolute Gasteiger partial charge is 0.296 e. The summed E-state index contributed by atoms with van der Waals surface area (Å²) in [6, 6.07) is 6.77. The van der Waals surface area contributed by atoms with E-state index in [9.17, 15) is 17.2 Å². The summed E-state index contributed by atoms with van der Waals surface area (Å²) in [5.41, 5.74) is 0.838. The fourth-order valence-corrected chi connectivity index (χ4v) is 6.33. The molecule has 3 heterocycles. The minimum Gasteiger partial charge on any atom is -0.378 e. The largest absolute Gasteiger partial charge is 0.378 e. The lowest BCUT2D eigenvalue weighted by atomic mass is 10.3. The zero-order chi connectivity index (χ0) is 24.4. The third kappa shape index (κ3) is 5.06. The first-order valence-electron chi connectivity index (χ1n) is 11.7. The van der Waals surface area contributed by atoms with Gasteiger partial charge in [0.05, 0.1) is 35.2 Å². The Morgan fingerprint density at radius 1 is 1.03 bits per heavy atom. The van der Waals surface area contributed by atoms with Gasteiger partial charge in [-0.25, -0.2) is 22.2 Å². The molecule has 10 nitrogen and oxygen atoms in total. The number of fused-ring (bicyclic) bond motifs is 1. The Morgan fingerprint density at radius 2 is 1.74 bits per heavy atom. The Labute approximate surface area is 201 Å². The van der Waals surface area contributed by atoms with Gasteiger partial charge in [-0.3, -0.25) is 4.57 Å². The molecule has 2 aromatic heterocycles. The maximum absolute atomic E-state index is 13.9. The predicted octanol–water partition coefficient (Wildman–Crippen LogP) is 2.75. The summed E-state index contributed by atoms with van der Waals surface area (Å²) in [4.78, 5) is 19.3. The van der Waals surface area contributed by atoms with Crippen LogP contribution in [0.3, 0.4) is 0 Å². The third-order valence-corrected chi connectivity index (χ3v) is 8.63. The van der Waals surface area contributed by atoms with Crippen molar-refractivity contribution in [3.8, 4) is 5.95 Å². The highest BCUT2D eigenvalue weighted by Crippen LogP contribution is 2.28. The standard InChI is InChI=1S/C22H27F2N7O3S/c23-18(24)19-26-16-7-3-4-8-17(16)31(19)22-28-20(27-21(29-22)30-10-12-34-13-11-30)25-9-14-35(32,33)15-5-1-2-6-15/h3-4,7-8,15,18H,1-2,5-6,9-14H2,(H,25,27,28,29). The van der Waals surface area contributed by atoms with Crippen LogP contribution < -0.4 is 10.2 Å². The molecule has 0 unspecified atom stereocenters. The quantitative estimate of drug-likeness (QED) is 0.491. The summed E-state index contributed by atoms with van der Waals surface area (Å²) < 4.78 is 59.8. The normalized spacial score (nSPS) is 17.5. The first-order chi connectivity index (χ1) is 16.9. The van der Waals surface area contributed by atoms with E-state index in [4.69, 9.17) is 4.74 Å². The van der Waals surface area contributed by atoms with Gasteiger partial charge < -0.3 is 15.0 Å². The number of para-hydroxylation sites is 2. The van der Waals surface area contributed by atoms with Crippen molar-refractivity contribution in [3.63, 3.8) is 0 Å². The topological polar surface area (TPSA) is 115 Å². The molecule has 0 atom stereocenters. The molecule has 1 saturated carbocycles. The molecule has 13 heteroatoms. The Hall–Kier alpha value is -2.93. The number of rotatable bonds is 8. The molecule has 1 saturated heterocycles. The van der Waals surface area contributed by atoms with E-state index in [2.05, 4.69) is 25.3 Å². The highest BCUT2D eigenvalue weighted by Gasteiger charge is 2.28. The monoisotopic (exact) mass is 507 g/mol. The molecule has 188 valence electrons. The highest BCUT2D eigenvalue weighted by molar-refractivity contribution is 7.92. The van der Waals surface area contributed by atoms with Crippen molar-refractivity contribution in [2.24, 2.45) is 0 Å². The van der Waals surface area contributed by atoms with Crippen LogP contribution in [0.2, 0.25) is 0 Å². The molecule has 2 fully saturated rings. The van der Waals surface area contributed by atoms with Gasteiger partial charge in [0.15, 0.2) is 15.7 Å². The Kier molecular flexibility index (Phi) is 6.78. The number of anilines is 2. The summed E-state index contributed by atoms with van der Waals surface area (Å²) >= 11 is 0. The first-order valence-corrected chi connectivity index (χ1v) is 13.4. The minimum absolute atomic E-state index is 0.00774. The van der Waals surface area contributed by atoms with Crippen LogP contribution in [0, 0.1) is 0 Å². The fourth-order valence-electron chi connectivity index (χ4n) is 4.56. The second kappa shape index (κ2) is 9.97. The van der Waals surface area contributed by atoms with E-state index in [0.717, 1.165) is 12.8 Å². The van der Waals surface area contributed by atoms with Gasteiger partial charge in [-0.05, 0) is 25.0 Å². The van der Waals surface area contributed by atoms with Gasteiger partial charge >= 0.3 is 0 Å². The second-order valence-electron chi connectivity index (χ2n) is 8.65. The number of hydrogen-bond acceptors (Lipinski definition) is 9. The molecule has 0 spiro atoms. The zero-order valence-electron chi connectivity index (χ0n) is 19.1. The summed E-state index contributed by atoms with van der Waals surface area (Å²) in [6.45, 7) is 2.15. The maximum Gasteiger partial charge on any atom is 0.296 e. The van der Waals surface area contributed by atoms with Gasteiger partial charge in [0.25, 0.3) is 6.43 Å². The van der Waals surface area contributed by atoms with Crippen LogP contribution in [0.25, 0.3) is 17.0 Å². The Bertz CT molecular complexity index is 1290. The van der Waals surface area contributed by atoms with Gasteiger partial charge in [-0.15, -0.1) is 0 Å². The summed E-state index contributed by atoms with van der Waals surface area (Å²) in [5, 5.41) is 2.68. The Morgan fingerprint density at radius 3 is 2.49 bits per heavy atom. The molecule has 0 amide bonds. The average molecular weight is 508 g/mol. The average Bonchev–Trinajstić information content (AvgIpc) is 3.53. The molecule has 2 aliphatic rings. The number of halogens is 2. The van der Waals surface area contributed by atoms with Gasteiger partial charge in [0.1, 0.15) is 0 Å². The van der Waals surface area contributed by atoms with E-state index in [0.29, 0.717) is 56.1 Å². The molecular formula is C22H27F2N7O3S. The van der Waals surface area contributed by atoms with Crippen LogP contribution in [0.4, 0.5) is 20.7 Å². The minimum atomic E-state index is -3.24. The van der Waals surface area contributed by atoms with E-state index in [-0.39, 0.29) is 29.4 Å². The highest BCUT2D eigenvalue weighted by atomic mass is 32.2. The number of imidazole rings is 1. The zero-order valence-corrected chi connectivity index (χ0v) is 19.9. The third-order valence-electron chi connectivity index (χ3n) is 6.37. The number of sulfone groups is 1. The SMILES string of the molecule is O=S(=O)(CCNc1nc(N2CCOCC2)nc(-n2c(C(F)F)nc3ccccc32)n1)C1CCCC1. The summed E-state index contributed by atoms with van der Waals surface area (Å²) in [5.74, 6) is -0.109. The second-order valence-corrected chi connectivity index (χ2v) is 11.1. The van der Waals surface area contributed by atoms with Crippen molar-refractivity contribution < 1.29 is 21.9 Å². The molecule has 35 heavy (non-hydrogen) atoms. The molecular weight excluding hydrogens is 480 g/mol. The fraction of sp³-hybridized carbons (Fsp3) is 0.545. The molecule has 0 bridgehead atoms. The number of nitrogens with zero attached hydrogens (tertiary/aromatic N) is 6. The molecule has 1 aliphatic carbocycles. The number of alkyl halides is 2. The number of benzene rings is 1. The van der Waals surface area contributed by atoms with Crippen LogP contribution in [-0.2, 0) is 14.6 Å². The van der Waals surface area contributed by atoms with Crippen LogP contribution in [0.1, 0.15) is 37.9 Å². The predicted molar refractivity (Wildman–Crippen MR) is 127 cm³/mol. The summed E-state index contributed by atoms with van der Waals surface area (Å²) in [7, 11) is -3.24. The lowest BCUT2D eigenvalue weighted by molar-refractivity contribution is 0.122. The molecule has 5 rings (SSSR count). The van der Waals surface area contributed by atoms with Crippen LogP contribution in [0.5, 0.6) is 0 Å². The molecule has 1 aromatic carbocycles. The van der Waals surface area contributed by atoms with Crippen LogP contribution in [-0.4, -0.2) is 76.8 Å². The number of nitrogens with one attached hydrogen (secondary N) is 1. The number of aromatic nitrogens is 5. The number of morpholine rings is 1. The van der Waals surface area contributed by atoms with Gasteiger partial charge in [0.2, 0.25) is 17.8 Å². The van der Waals surface area contributed by atoms with Crippen molar-refractivity contribution in [1.29, 1.82) is 0 Å². The molecule has 1 aliphatic heterocycles. The van der Waals surface area contributed by atoms with E-state index < -0.39 is 22.1 Å². The van der Waals surface area contributed by atoms with Gasteiger partial charge in [-0.2, -0.15) is 15.0 Å². The van der Waals surface area contributed by atoms with E-state index in [1.54, 1.807) is 24.3 Å². The Balaban J connectivity index is 1.49. The van der Waals surface area contributed by atoms with Crippen molar-refractivity contribution in [1.82, 2.24) is 24.5 Å². The van der Waals surface area contributed by atoms with E-state index in [1.165, 1.54) is 4.57 Å². The van der Waals surface area contributed by atoms with Gasteiger partial charge in [0, 0.05) is 19.6 Å². The van der Waals surface area contributed by atoms with E-state index in [1.807, 2.05) is 4.90 Å². The number of ether oxygens (including phenoxy) is 1. The molecule has 0 radical (unpaired) electrons. The van der Waals surface area contributed by atoms with Crippen molar-refractivity contribution in [3.05, 3.63) is 30.1 Å². The van der Waals surface area contributed by atoms with E-state index >= 15 is 0 Å². The van der Waals surface area contributed by atoms with Crippen LogP contribution >= 0.6 is 0 Å². The first kappa shape index (κ1) is 23.8. The van der Waals surface area contributed by atoms with Crippen LogP contribution in [0.15, 0.2) is 24.3 Å². The lowest BCUT2D eigenvalue weighted by Crippen LogP contribution is -2.37. The summed E-state index contributed by atoms with van der Waals surface area (Å²) in [6.07, 6.45) is 0.414. The van der Waals surface area contributed by atoms with Crippen molar-refractivity contribution in [2.75, 3.05) is 48.8 Å². The van der Waals surface area contributed by atoms with Crippen molar-refractivity contribution in [2.45, 2.75) is 37.4 Å².